The predicted molar refractivity (Wildman–Crippen MR) is 200 cm³/mol. The van der Waals surface area contributed by atoms with E-state index in [0.717, 1.165) is 32.1 Å². The average molecular weight is 703 g/mol. The molecular formula is C38H62N4O8. The van der Waals surface area contributed by atoms with Gasteiger partial charge in [-0.05, 0) is 37.1 Å². The number of carbonyl (C=O) groups is 4. The molecule has 12 nitrogen and oxygen atoms in total. The number of nitrogens with one attached hydrogen (secondary N) is 2. The third-order valence-corrected chi connectivity index (χ3v) is 6.60. The standard InChI is InChI=1S/C19H28N4O5.C13H18O3.C4H10.C2H6/c1-2-3-4-5-10-28-15-7-6-14(16(24)11-15)12-22-23-19(27)9-8-18(26)21-13-17(20)25;1-2-3-4-5-8-16-12-7-6-11(10-14)13(15)9-12;1-3-4-2;1-2/h6-7,11-12,24H,2-5,8-10,13H2,1H3,(H2,20,25)(H,21,26)(H,23,27);6-7,9-10,15H,2-5,8H2,1H3;3-4H2,1-2H3;1-2H3/b22-12+;;;. The molecule has 50 heavy (non-hydrogen) atoms. The quantitative estimate of drug-likeness (QED) is 0.0391. The number of hydrogen-bond donors (Lipinski definition) is 5. The zero-order valence-electron chi connectivity index (χ0n) is 31.1. The zero-order valence-corrected chi connectivity index (χ0v) is 31.1. The summed E-state index contributed by atoms with van der Waals surface area (Å²) in [6.07, 6.45) is 13.4. The van der Waals surface area contributed by atoms with Crippen molar-refractivity contribution in [2.75, 3.05) is 19.8 Å². The molecule has 0 heterocycles. The monoisotopic (exact) mass is 702 g/mol. The minimum absolute atomic E-state index is 0.0186. The number of ether oxygens (including phenoxy) is 2. The number of amides is 3. The number of phenols is 2. The third-order valence-electron chi connectivity index (χ3n) is 6.60. The van der Waals surface area contributed by atoms with Crippen molar-refractivity contribution in [1.29, 1.82) is 0 Å². The molecule has 6 N–H and O–H groups in total. The fourth-order valence-corrected chi connectivity index (χ4v) is 3.60. The summed E-state index contributed by atoms with van der Waals surface area (Å²) in [6.45, 7) is 13.6. The van der Waals surface area contributed by atoms with Crippen LogP contribution in [-0.2, 0) is 14.4 Å². The van der Waals surface area contributed by atoms with Crippen LogP contribution in [0.4, 0.5) is 0 Å². The van der Waals surface area contributed by atoms with Crippen molar-refractivity contribution in [2.45, 2.75) is 119 Å². The predicted octanol–water partition coefficient (Wildman–Crippen LogP) is 7.18. The highest BCUT2D eigenvalue weighted by Gasteiger charge is 2.07. The molecule has 0 radical (unpaired) electrons. The summed E-state index contributed by atoms with van der Waals surface area (Å²) < 4.78 is 11.0. The molecule has 0 aliphatic carbocycles. The highest BCUT2D eigenvalue weighted by atomic mass is 16.5. The molecule has 2 rings (SSSR count). The molecule has 2 aromatic carbocycles. The van der Waals surface area contributed by atoms with Crippen LogP contribution in [0, 0.1) is 0 Å². The van der Waals surface area contributed by atoms with Crippen molar-refractivity contribution in [3.63, 3.8) is 0 Å². The van der Waals surface area contributed by atoms with Gasteiger partial charge in [0.05, 0.1) is 31.5 Å². The lowest BCUT2D eigenvalue weighted by atomic mass is 10.2. The Morgan fingerprint density at radius 3 is 1.62 bits per heavy atom. The second-order valence-corrected chi connectivity index (χ2v) is 10.9. The Labute approximate surface area is 299 Å². The van der Waals surface area contributed by atoms with Crippen LogP contribution in [-0.4, -0.2) is 60.2 Å². The third kappa shape index (κ3) is 26.4. The molecule has 0 aromatic heterocycles. The van der Waals surface area contributed by atoms with Gasteiger partial charge in [0.15, 0.2) is 6.29 Å². The average Bonchev–Trinajstić information content (AvgIpc) is 3.12. The summed E-state index contributed by atoms with van der Waals surface area (Å²) in [5, 5.41) is 25.5. The van der Waals surface area contributed by atoms with Gasteiger partial charge in [-0.15, -0.1) is 0 Å². The van der Waals surface area contributed by atoms with Crippen molar-refractivity contribution in [2.24, 2.45) is 10.8 Å². The minimum Gasteiger partial charge on any atom is -0.507 e. The second-order valence-electron chi connectivity index (χ2n) is 10.9. The minimum atomic E-state index is -0.657. The number of primary amides is 1. The summed E-state index contributed by atoms with van der Waals surface area (Å²) in [5.74, 6) is -0.458. The summed E-state index contributed by atoms with van der Waals surface area (Å²) >= 11 is 0. The summed E-state index contributed by atoms with van der Waals surface area (Å²) in [7, 11) is 0. The van der Waals surface area contributed by atoms with E-state index in [4.69, 9.17) is 15.2 Å². The molecule has 0 aliphatic heterocycles. The smallest absolute Gasteiger partial charge is 0.240 e. The van der Waals surface area contributed by atoms with Crippen LogP contribution in [0.2, 0.25) is 0 Å². The number of hydrogen-bond acceptors (Lipinski definition) is 9. The summed E-state index contributed by atoms with van der Waals surface area (Å²) in [6, 6.07) is 9.57. The van der Waals surface area contributed by atoms with Gasteiger partial charge in [0.25, 0.3) is 0 Å². The van der Waals surface area contributed by atoms with Gasteiger partial charge in [0.2, 0.25) is 17.7 Å². The molecule has 2 aromatic rings. The second kappa shape index (κ2) is 32.9. The van der Waals surface area contributed by atoms with Gasteiger partial charge < -0.3 is 30.7 Å². The Kier molecular flexibility index (Phi) is 31.3. The van der Waals surface area contributed by atoms with Crippen LogP contribution < -0.4 is 25.9 Å². The van der Waals surface area contributed by atoms with E-state index in [1.807, 2.05) is 13.8 Å². The lowest BCUT2D eigenvalue weighted by Crippen LogP contribution is -2.33. The van der Waals surface area contributed by atoms with Crippen LogP contribution in [0.5, 0.6) is 23.0 Å². The number of hydrazone groups is 1. The highest BCUT2D eigenvalue weighted by Crippen LogP contribution is 2.23. The molecule has 0 bridgehead atoms. The van der Waals surface area contributed by atoms with E-state index < -0.39 is 17.7 Å². The summed E-state index contributed by atoms with van der Waals surface area (Å²) in [4.78, 5) is 44.0. The van der Waals surface area contributed by atoms with E-state index in [1.54, 1.807) is 24.3 Å². The van der Waals surface area contributed by atoms with E-state index in [9.17, 15) is 29.4 Å². The first kappa shape index (κ1) is 47.5. The van der Waals surface area contributed by atoms with Crippen molar-refractivity contribution in [1.82, 2.24) is 10.7 Å². The molecule has 0 fully saturated rings. The number of rotatable bonds is 21. The van der Waals surface area contributed by atoms with Gasteiger partial charge in [-0.3, -0.25) is 19.2 Å². The fraction of sp³-hybridized carbons (Fsp3) is 0.553. The van der Waals surface area contributed by atoms with Gasteiger partial charge >= 0.3 is 0 Å². The Morgan fingerprint density at radius 2 is 1.20 bits per heavy atom. The number of aldehydes is 1. The Balaban J connectivity index is 0. The maximum Gasteiger partial charge on any atom is 0.240 e. The fourth-order valence-electron chi connectivity index (χ4n) is 3.60. The number of benzene rings is 2. The van der Waals surface area contributed by atoms with Crippen LogP contribution >= 0.6 is 0 Å². The molecule has 0 unspecified atom stereocenters. The first-order valence-corrected chi connectivity index (χ1v) is 17.8. The van der Waals surface area contributed by atoms with E-state index in [-0.39, 0.29) is 30.9 Å². The van der Waals surface area contributed by atoms with E-state index in [2.05, 4.69) is 43.5 Å². The SMILES string of the molecule is CC.CCCC.CCCCCCOc1ccc(/C=N/NC(=O)CCC(=O)NCC(N)=O)c(O)c1.CCCCCCOc1ccc(C=O)c(O)c1. The van der Waals surface area contributed by atoms with E-state index in [0.29, 0.717) is 42.1 Å². The molecule has 0 aliphatic rings. The van der Waals surface area contributed by atoms with Crippen molar-refractivity contribution >= 4 is 30.2 Å². The van der Waals surface area contributed by atoms with Gasteiger partial charge in [-0.2, -0.15) is 5.10 Å². The molecular weight excluding hydrogens is 640 g/mol. The van der Waals surface area contributed by atoms with E-state index in [1.165, 1.54) is 50.5 Å². The number of unbranched alkanes of at least 4 members (excludes halogenated alkanes) is 7. The first-order chi connectivity index (χ1) is 24.1. The number of carbonyl (C=O) groups excluding carboxylic acids is 4. The molecule has 0 atom stereocenters. The maximum absolute atomic E-state index is 11.6. The number of nitrogens with zero attached hydrogens (tertiary/aromatic N) is 1. The first-order valence-electron chi connectivity index (χ1n) is 17.8. The molecule has 0 saturated heterocycles. The van der Waals surface area contributed by atoms with Gasteiger partial charge in [-0.25, -0.2) is 5.43 Å². The van der Waals surface area contributed by atoms with Gasteiger partial charge in [-0.1, -0.05) is 92.9 Å². The van der Waals surface area contributed by atoms with Crippen LogP contribution in [0.25, 0.3) is 0 Å². The summed E-state index contributed by atoms with van der Waals surface area (Å²) in [5.41, 5.74) is 7.87. The number of nitrogens with two attached hydrogens (primary N) is 1. The lowest BCUT2D eigenvalue weighted by molar-refractivity contribution is -0.127. The van der Waals surface area contributed by atoms with Crippen molar-refractivity contribution < 1.29 is 38.9 Å². The van der Waals surface area contributed by atoms with Crippen LogP contribution in [0.3, 0.4) is 0 Å². The lowest BCUT2D eigenvalue weighted by Gasteiger charge is -2.07. The maximum atomic E-state index is 11.6. The largest absolute Gasteiger partial charge is 0.507 e. The Hall–Kier alpha value is -4.61. The topological polar surface area (TPSA) is 190 Å². The Bertz CT molecular complexity index is 1240. The van der Waals surface area contributed by atoms with Gasteiger partial charge in [0.1, 0.15) is 23.0 Å². The van der Waals surface area contributed by atoms with Crippen LogP contribution in [0.15, 0.2) is 41.5 Å². The van der Waals surface area contributed by atoms with Crippen molar-refractivity contribution in [3.8, 4) is 23.0 Å². The molecule has 0 spiro atoms. The zero-order chi connectivity index (χ0) is 38.0. The Morgan fingerprint density at radius 1 is 0.720 bits per heavy atom. The molecule has 12 heteroatoms. The molecule has 282 valence electrons. The van der Waals surface area contributed by atoms with Crippen molar-refractivity contribution in [3.05, 3.63) is 47.5 Å². The normalized spacial score (nSPS) is 9.88. The molecule has 3 amide bonds. The molecule has 0 saturated carbocycles. The van der Waals surface area contributed by atoms with Crippen LogP contribution in [0.1, 0.15) is 135 Å². The number of aromatic hydroxyl groups is 2. The number of phenolic OH excluding ortho intramolecular Hbond substituents is 2. The van der Waals surface area contributed by atoms with Gasteiger partial charge in [0, 0.05) is 30.5 Å². The highest BCUT2D eigenvalue weighted by molar-refractivity contribution is 5.88. The van der Waals surface area contributed by atoms with E-state index >= 15 is 0 Å².